The van der Waals surface area contributed by atoms with Crippen molar-refractivity contribution in [3.05, 3.63) is 71.8 Å². The Balaban J connectivity index is 1.66. The second-order valence-corrected chi connectivity index (χ2v) is 7.26. The lowest BCUT2D eigenvalue weighted by Gasteiger charge is -2.22. The first-order valence-corrected chi connectivity index (χ1v) is 9.92. The Labute approximate surface area is 161 Å². The molecule has 0 saturated heterocycles. The summed E-state index contributed by atoms with van der Waals surface area (Å²) in [4.78, 5) is 25.3. The van der Waals surface area contributed by atoms with Crippen molar-refractivity contribution < 1.29 is 9.59 Å². The summed E-state index contributed by atoms with van der Waals surface area (Å²) >= 11 is 0. The van der Waals surface area contributed by atoms with Crippen molar-refractivity contribution in [2.75, 3.05) is 0 Å². The average molecular weight is 364 g/mol. The summed E-state index contributed by atoms with van der Waals surface area (Å²) < 4.78 is 0. The fraction of sp³-hybridized carbons (Fsp3) is 0.391. The Morgan fingerprint density at radius 1 is 0.852 bits per heavy atom. The van der Waals surface area contributed by atoms with Crippen LogP contribution in [0.2, 0.25) is 0 Å². The molecule has 4 heteroatoms. The van der Waals surface area contributed by atoms with E-state index in [-0.39, 0.29) is 30.3 Å². The van der Waals surface area contributed by atoms with Gasteiger partial charge in [0.15, 0.2) is 0 Å². The van der Waals surface area contributed by atoms with Gasteiger partial charge >= 0.3 is 0 Å². The van der Waals surface area contributed by atoms with E-state index >= 15 is 0 Å². The van der Waals surface area contributed by atoms with Crippen molar-refractivity contribution in [1.82, 2.24) is 10.6 Å². The van der Waals surface area contributed by atoms with Crippen LogP contribution in [0.1, 0.15) is 66.9 Å². The van der Waals surface area contributed by atoms with Crippen LogP contribution in [0.4, 0.5) is 0 Å². The highest BCUT2D eigenvalue weighted by molar-refractivity contribution is 5.94. The summed E-state index contributed by atoms with van der Waals surface area (Å²) in [7, 11) is 0. The van der Waals surface area contributed by atoms with Gasteiger partial charge in [-0.15, -0.1) is 0 Å². The minimum absolute atomic E-state index is 0.00381. The monoisotopic (exact) mass is 364 g/mol. The lowest BCUT2D eigenvalue weighted by molar-refractivity contribution is -0.122. The van der Waals surface area contributed by atoms with Crippen molar-refractivity contribution in [3.63, 3.8) is 0 Å². The summed E-state index contributed by atoms with van der Waals surface area (Å²) in [6.07, 6.45) is 7.23. The molecule has 4 nitrogen and oxygen atoms in total. The van der Waals surface area contributed by atoms with E-state index in [1.165, 1.54) is 25.7 Å². The first-order chi connectivity index (χ1) is 13.2. The smallest absolute Gasteiger partial charge is 0.251 e. The molecule has 0 aromatic heterocycles. The van der Waals surface area contributed by atoms with Crippen LogP contribution in [0.25, 0.3) is 0 Å². The largest absolute Gasteiger partial charge is 0.353 e. The van der Waals surface area contributed by atoms with Gasteiger partial charge in [0, 0.05) is 11.6 Å². The van der Waals surface area contributed by atoms with E-state index in [1.807, 2.05) is 48.5 Å². The Morgan fingerprint density at radius 2 is 1.44 bits per heavy atom. The van der Waals surface area contributed by atoms with Crippen molar-refractivity contribution in [2.45, 2.75) is 57.0 Å². The maximum atomic E-state index is 12.7. The Morgan fingerprint density at radius 3 is 2.07 bits per heavy atom. The topological polar surface area (TPSA) is 58.2 Å². The van der Waals surface area contributed by atoms with Crippen LogP contribution < -0.4 is 10.6 Å². The molecule has 1 unspecified atom stereocenters. The molecule has 142 valence electrons. The number of hydrogen-bond acceptors (Lipinski definition) is 2. The molecule has 1 fully saturated rings. The predicted octanol–water partition coefficient (Wildman–Crippen LogP) is 4.39. The number of rotatable bonds is 6. The minimum Gasteiger partial charge on any atom is -0.353 e. The van der Waals surface area contributed by atoms with Crippen LogP contribution in [0.5, 0.6) is 0 Å². The van der Waals surface area contributed by atoms with Crippen LogP contribution in [-0.4, -0.2) is 17.9 Å². The molecule has 0 radical (unpaired) electrons. The van der Waals surface area contributed by atoms with Crippen molar-refractivity contribution >= 4 is 11.8 Å². The Kier molecular flexibility index (Phi) is 7.03. The van der Waals surface area contributed by atoms with Crippen molar-refractivity contribution in [3.8, 4) is 0 Å². The van der Waals surface area contributed by atoms with E-state index in [2.05, 4.69) is 10.6 Å². The molecule has 2 aromatic carbocycles. The zero-order chi connectivity index (χ0) is 18.9. The van der Waals surface area contributed by atoms with Crippen LogP contribution in [0.3, 0.4) is 0 Å². The second kappa shape index (κ2) is 9.91. The summed E-state index contributed by atoms with van der Waals surface area (Å²) in [5.74, 6) is -0.157. The predicted molar refractivity (Wildman–Crippen MR) is 107 cm³/mol. The molecule has 0 aliphatic heterocycles. The first-order valence-electron chi connectivity index (χ1n) is 9.92. The lowest BCUT2D eigenvalue weighted by atomic mass is 10.0. The van der Waals surface area contributed by atoms with Crippen LogP contribution in [0.15, 0.2) is 60.7 Å². The molecule has 0 heterocycles. The molecule has 2 amide bonds. The summed E-state index contributed by atoms with van der Waals surface area (Å²) in [5, 5.41) is 6.21. The molecule has 27 heavy (non-hydrogen) atoms. The fourth-order valence-corrected chi connectivity index (χ4v) is 3.66. The summed E-state index contributed by atoms with van der Waals surface area (Å²) in [6.45, 7) is 0. The van der Waals surface area contributed by atoms with E-state index < -0.39 is 0 Å². The SMILES string of the molecule is O=C(CC(NC(=O)c1ccccc1)c1ccccc1)NC1CCCCCC1. The number of amides is 2. The zero-order valence-corrected chi connectivity index (χ0v) is 15.7. The highest BCUT2D eigenvalue weighted by Gasteiger charge is 2.21. The maximum absolute atomic E-state index is 12.7. The second-order valence-electron chi connectivity index (χ2n) is 7.26. The Bertz CT molecular complexity index is 723. The maximum Gasteiger partial charge on any atom is 0.251 e. The van der Waals surface area contributed by atoms with Gasteiger partial charge in [-0.05, 0) is 30.5 Å². The number of nitrogens with one attached hydrogen (secondary N) is 2. The third-order valence-electron chi connectivity index (χ3n) is 5.15. The van der Waals surface area contributed by atoms with Crippen LogP contribution in [-0.2, 0) is 4.79 Å². The van der Waals surface area contributed by atoms with Crippen LogP contribution in [0, 0.1) is 0 Å². The van der Waals surface area contributed by atoms with Gasteiger partial charge in [-0.25, -0.2) is 0 Å². The van der Waals surface area contributed by atoms with E-state index in [0.717, 1.165) is 18.4 Å². The summed E-state index contributed by atoms with van der Waals surface area (Å²) in [6, 6.07) is 18.7. The molecule has 0 bridgehead atoms. The molecule has 2 N–H and O–H groups in total. The number of benzene rings is 2. The van der Waals surface area contributed by atoms with Gasteiger partial charge in [0.1, 0.15) is 0 Å². The van der Waals surface area contributed by atoms with Crippen molar-refractivity contribution in [1.29, 1.82) is 0 Å². The quantitative estimate of drug-likeness (QED) is 0.747. The zero-order valence-electron chi connectivity index (χ0n) is 15.7. The highest BCUT2D eigenvalue weighted by Crippen LogP contribution is 2.20. The van der Waals surface area contributed by atoms with Gasteiger partial charge in [-0.2, -0.15) is 0 Å². The van der Waals surface area contributed by atoms with Gasteiger partial charge in [0.2, 0.25) is 5.91 Å². The van der Waals surface area contributed by atoms with Gasteiger partial charge in [-0.1, -0.05) is 74.2 Å². The molecular weight excluding hydrogens is 336 g/mol. The molecule has 1 atom stereocenters. The van der Waals surface area contributed by atoms with E-state index in [1.54, 1.807) is 12.1 Å². The number of carbonyl (C=O) groups is 2. The molecule has 1 saturated carbocycles. The van der Waals surface area contributed by atoms with Crippen molar-refractivity contribution in [2.24, 2.45) is 0 Å². The standard InChI is InChI=1S/C23H28N2O2/c26-22(24-20-15-9-1-2-10-16-20)17-21(18-11-5-3-6-12-18)25-23(27)19-13-7-4-8-14-19/h3-8,11-14,20-21H,1-2,9-10,15-17H2,(H,24,26)(H,25,27). The lowest BCUT2D eigenvalue weighted by Crippen LogP contribution is -2.38. The third kappa shape index (κ3) is 5.95. The van der Waals surface area contributed by atoms with Crippen LogP contribution >= 0.6 is 0 Å². The fourth-order valence-electron chi connectivity index (χ4n) is 3.66. The molecule has 1 aliphatic rings. The average Bonchev–Trinajstić information content (AvgIpc) is 2.97. The Hall–Kier alpha value is -2.62. The van der Waals surface area contributed by atoms with Gasteiger partial charge in [0.05, 0.1) is 12.5 Å². The minimum atomic E-state index is -0.343. The van der Waals surface area contributed by atoms with E-state index in [0.29, 0.717) is 5.56 Å². The number of carbonyl (C=O) groups excluding carboxylic acids is 2. The molecule has 2 aromatic rings. The normalized spacial score (nSPS) is 16.1. The number of hydrogen-bond donors (Lipinski definition) is 2. The molecule has 0 spiro atoms. The molecule has 1 aliphatic carbocycles. The highest BCUT2D eigenvalue weighted by atomic mass is 16.2. The van der Waals surface area contributed by atoms with Gasteiger partial charge < -0.3 is 10.6 Å². The third-order valence-corrected chi connectivity index (χ3v) is 5.15. The van der Waals surface area contributed by atoms with E-state index in [4.69, 9.17) is 0 Å². The molecular formula is C23H28N2O2. The van der Waals surface area contributed by atoms with E-state index in [9.17, 15) is 9.59 Å². The van der Waals surface area contributed by atoms with Gasteiger partial charge in [0.25, 0.3) is 5.91 Å². The molecule has 3 rings (SSSR count). The van der Waals surface area contributed by atoms with Gasteiger partial charge in [-0.3, -0.25) is 9.59 Å². The first kappa shape index (κ1) is 19.2. The summed E-state index contributed by atoms with van der Waals surface area (Å²) in [5.41, 5.74) is 1.54.